The van der Waals surface area contributed by atoms with E-state index in [1.165, 1.54) is 11.1 Å². The molecule has 1 N–H and O–H groups in total. The van der Waals surface area contributed by atoms with Crippen molar-refractivity contribution in [2.45, 2.75) is 31.1 Å². The Kier molecular flexibility index (Phi) is 3.56. The van der Waals surface area contributed by atoms with Crippen LogP contribution < -0.4 is 10.1 Å². The van der Waals surface area contributed by atoms with Crippen molar-refractivity contribution in [3.63, 3.8) is 0 Å². The van der Waals surface area contributed by atoms with Gasteiger partial charge in [-0.25, -0.2) is 0 Å². The Balaban J connectivity index is 1.36. The number of hydrogen-bond donors (Lipinski definition) is 1. The average Bonchev–Trinajstić information content (AvgIpc) is 3.28. The van der Waals surface area contributed by atoms with E-state index in [4.69, 9.17) is 4.74 Å². The average molecular weight is 307 g/mol. The van der Waals surface area contributed by atoms with Crippen molar-refractivity contribution in [2.24, 2.45) is 0 Å². The highest BCUT2D eigenvalue weighted by atomic mass is 16.5. The molecule has 3 nitrogen and oxygen atoms in total. The highest BCUT2D eigenvalue weighted by Crippen LogP contribution is 2.48. The van der Waals surface area contributed by atoms with Crippen LogP contribution in [0.25, 0.3) is 0 Å². The number of hydrogen-bond acceptors (Lipinski definition) is 2. The molecule has 4 rings (SSSR count). The van der Waals surface area contributed by atoms with Gasteiger partial charge in [0, 0.05) is 13.0 Å². The van der Waals surface area contributed by atoms with Crippen LogP contribution in [0.5, 0.6) is 5.75 Å². The first-order valence-corrected chi connectivity index (χ1v) is 8.36. The zero-order valence-corrected chi connectivity index (χ0v) is 13.2. The van der Waals surface area contributed by atoms with E-state index < -0.39 is 0 Å². The Labute approximate surface area is 136 Å². The van der Waals surface area contributed by atoms with E-state index in [0.717, 1.165) is 43.6 Å². The van der Waals surface area contributed by atoms with E-state index in [-0.39, 0.29) is 11.3 Å². The van der Waals surface area contributed by atoms with Gasteiger partial charge in [-0.2, -0.15) is 0 Å². The van der Waals surface area contributed by atoms with Crippen LogP contribution >= 0.6 is 0 Å². The molecule has 0 spiro atoms. The van der Waals surface area contributed by atoms with Crippen LogP contribution in [0.2, 0.25) is 0 Å². The lowest BCUT2D eigenvalue weighted by Crippen LogP contribution is -2.35. The first-order chi connectivity index (χ1) is 11.3. The van der Waals surface area contributed by atoms with Gasteiger partial charge in [-0.15, -0.1) is 0 Å². The molecule has 0 atom stereocenters. The summed E-state index contributed by atoms with van der Waals surface area (Å²) in [6.45, 7) is 1.47. The molecule has 1 fully saturated rings. The second-order valence-corrected chi connectivity index (χ2v) is 6.49. The highest BCUT2D eigenvalue weighted by molar-refractivity contribution is 5.91. The number of amides is 1. The fraction of sp³-hybridized carbons (Fsp3) is 0.350. The molecule has 1 saturated carbocycles. The minimum Gasteiger partial charge on any atom is -0.493 e. The van der Waals surface area contributed by atoms with Crippen LogP contribution in [0.15, 0.2) is 48.5 Å². The summed E-state index contributed by atoms with van der Waals surface area (Å²) >= 11 is 0. The van der Waals surface area contributed by atoms with E-state index in [1.54, 1.807) is 0 Å². The van der Waals surface area contributed by atoms with Crippen molar-refractivity contribution >= 4 is 5.91 Å². The van der Waals surface area contributed by atoms with Crippen LogP contribution in [0.1, 0.15) is 29.5 Å². The normalized spacial score (nSPS) is 17.2. The van der Waals surface area contributed by atoms with Gasteiger partial charge in [0.25, 0.3) is 0 Å². The smallest absolute Gasteiger partial charge is 0.230 e. The number of carbonyl (C=O) groups excluding carboxylic acids is 1. The summed E-state index contributed by atoms with van der Waals surface area (Å²) in [7, 11) is 0. The molecule has 2 aliphatic rings. The lowest BCUT2D eigenvalue weighted by Gasteiger charge is -2.15. The lowest BCUT2D eigenvalue weighted by molar-refractivity contribution is -0.123. The fourth-order valence-corrected chi connectivity index (χ4v) is 3.41. The Morgan fingerprint density at radius 3 is 2.74 bits per heavy atom. The van der Waals surface area contributed by atoms with Gasteiger partial charge >= 0.3 is 0 Å². The van der Waals surface area contributed by atoms with E-state index in [0.29, 0.717) is 6.54 Å². The van der Waals surface area contributed by atoms with E-state index >= 15 is 0 Å². The van der Waals surface area contributed by atoms with Crippen molar-refractivity contribution in [1.29, 1.82) is 0 Å². The summed E-state index contributed by atoms with van der Waals surface area (Å²) in [4.78, 5) is 12.6. The summed E-state index contributed by atoms with van der Waals surface area (Å²) in [5.41, 5.74) is 3.43. The van der Waals surface area contributed by atoms with Gasteiger partial charge in [0.2, 0.25) is 5.91 Å². The first kappa shape index (κ1) is 14.3. The van der Waals surface area contributed by atoms with Crippen LogP contribution in [0, 0.1) is 0 Å². The molecular weight excluding hydrogens is 286 g/mol. The quantitative estimate of drug-likeness (QED) is 0.922. The summed E-state index contributed by atoms with van der Waals surface area (Å²) in [6, 6.07) is 16.5. The SMILES string of the molecule is O=C(NCCc1ccc2c(c1)CCO2)C1(c2ccccc2)CC1. The zero-order chi connectivity index (χ0) is 15.7. The molecule has 2 aromatic carbocycles. The lowest BCUT2D eigenvalue weighted by atomic mass is 9.95. The van der Waals surface area contributed by atoms with Gasteiger partial charge in [0.1, 0.15) is 5.75 Å². The predicted molar refractivity (Wildman–Crippen MR) is 89.7 cm³/mol. The largest absolute Gasteiger partial charge is 0.493 e. The van der Waals surface area contributed by atoms with Crippen LogP contribution in [-0.2, 0) is 23.1 Å². The topological polar surface area (TPSA) is 38.3 Å². The third kappa shape index (κ3) is 2.72. The standard InChI is InChI=1S/C20H21NO2/c22-19(20(10-11-20)17-4-2-1-3-5-17)21-12-8-15-6-7-18-16(14-15)9-13-23-18/h1-7,14H,8-13H2,(H,21,22). The molecule has 1 aliphatic carbocycles. The molecule has 1 amide bonds. The second-order valence-electron chi connectivity index (χ2n) is 6.49. The van der Waals surface area contributed by atoms with Crippen molar-refractivity contribution in [2.75, 3.05) is 13.2 Å². The minimum absolute atomic E-state index is 0.174. The van der Waals surface area contributed by atoms with Crippen molar-refractivity contribution < 1.29 is 9.53 Å². The van der Waals surface area contributed by atoms with Crippen LogP contribution in [0.3, 0.4) is 0 Å². The van der Waals surface area contributed by atoms with Gasteiger partial charge < -0.3 is 10.1 Å². The predicted octanol–water partition coefficient (Wildman–Crippen LogP) is 3.01. The maximum absolute atomic E-state index is 12.6. The molecule has 23 heavy (non-hydrogen) atoms. The van der Waals surface area contributed by atoms with Gasteiger partial charge in [-0.3, -0.25) is 4.79 Å². The monoisotopic (exact) mass is 307 g/mol. The van der Waals surface area contributed by atoms with E-state index in [9.17, 15) is 4.79 Å². The zero-order valence-electron chi connectivity index (χ0n) is 13.2. The number of ether oxygens (including phenoxy) is 1. The molecule has 118 valence electrons. The third-order valence-corrected chi connectivity index (χ3v) is 4.96. The molecular formula is C20H21NO2. The van der Waals surface area contributed by atoms with Gasteiger partial charge in [-0.05, 0) is 42.0 Å². The minimum atomic E-state index is -0.271. The molecule has 0 saturated heterocycles. The maximum Gasteiger partial charge on any atom is 0.230 e. The Morgan fingerprint density at radius 2 is 1.96 bits per heavy atom. The highest BCUT2D eigenvalue weighted by Gasteiger charge is 2.50. The Bertz CT molecular complexity index is 720. The van der Waals surface area contributed by atoms with Gasteiger partial charge in [0.05, 0.1) is 12.0 Å². The molecule has 0 bridgehead atoms. The number of benzene rings is 2. The summed E-state index contributed by atoms with van der Waals surface area (Å²) in [5.74, 6) is 1.19. The molecule has 0 unspecified atom stereocenters. The number of rotatable bonds is 5. The number of fused-ring (bicyclic) bond motifs is 1. The Morgan fingerprint density at radius 1 is 1.13 bits per heavy atom. The van der Waals surface area contributed by atoms with Gasteiger partial charge in [-0.1, -0.05) is 42.5 Å². The molecule has 0 aromatic heterocycles. The van der Waals surface area contributed by atoms with E-state index in [1.807, 2.05) is 24.3 Å². The third-order valence-electron chi connectivity index (χ3n) is 4.96. The van der Waals surface area contributed by atoms with E-state index in [2.05, 4.69) is 29.6 Å². The van der Waals surface area contributed by atoms with Crippen molar-refractivity contribution in [3.05, 3.63) is 65.2 Å². The van der Waals surface area contributed by atoms with Crippen molar-refractivity contribution in [1.82, 2.24) is 5.32 Å². The van der Waals surface area contributed by atoms with Crippen LogP contribution in [-0.4, -0.2) is 19.1 Å². The summed E-state index contributed by atoms with van der Waals surface area (Å²) in [5, 5.41) is 3.13. The molecule has 1 aliphatic heterocycles. The number of nitrogens with one attached hydrogen (secondary N) is 1. The maximum atomic E-state index is 12.6. The first-order valence-electron chi connectivity index (χ1n) is 8.36. The molecule has 0 radical (unpaired) electrons. The summed E-state index contributed by atoms with van der Waals surface area (Å²) in [6.07, 6.45) is 3.77. The van der Waals surface area contributed by atoms with Crippen molar-refractivity contribution in [3.8, 4) is 5.75 Å². The second kappa shape index (κ2) is 5.73. The summed E-state index contributed by atoms with van der Waals surface area (Å²) < 4.78 is 5.53. The van der Waals surface area contributed by atoms with Crippen LogP contribution in [0.4, 0.5) is 0 Å². The molecule has 1 heterocycles. The fourth-order valence-electron chi connectivity index (χ4n) is 3.41. The Hall–Kier alpha value is -2.29. The van der Waals surface area contributed by atoms with Gasteiger partial charge in [0.15, 0.2) is 0 Å². The molecule has 2 aromatic rings. The number of carbonyl (C=O) groups is 1. The molecule has 3 heteroatoms.